The van der Waals surface area contributed by atoms with Gasteiger partial charge in [-0.25, -0.2) is 13.1 Å². The van der Waals surface area contributed by atoms with Crippen molar-refractivity contribution in [1.82, 2.24) is 4.72 Å². The average molecular weight is 492 g/mol. The minimum atomic E-state index is -3.54. The van der Waals surface area contributed by atoms with E-state index in [1.54, 1.807) is 31.4 Å². The molecule has 0 aliphatic carbocycles. The van der Waals surface area contributed by atoms with Gasteiger partial charge in [0.05, 0.1) is 12.0 Å². The van der Waals surface area contributed by atoms with E-state index in [0.717, 1.165) is 42.7 Å². The number of unbranched alkanes of at least 4 members (excludes halogenated alkanes) is 1. The lowest BCUT2D eigenvalue weighted by atomic mass is 10.0. The SMILES string of the molecule is CCC(C)(C)Oc1ccc(CCCCNS(=O)(=O)c2ccc(OC)cc2)c(OC(C)(C)CC)c1. The maximum atomic E-state index is 12.5. The Kier molecular flexibility index (Phi) is 9.83. The zero-order chi connectivity index (χ0) is 25.4. The molecule has 0 atom stereocenters. The van der Waals surface area contributed by atoms with Crippen LogP contribution in [0, 0.1) is 0 Å². The first-order valence-corrected chi connectivity index (χ1v) is 13.5. The largest absolute Gasteiger partial charge is 0.497 e. The van der Waals surface area contributed by atoms with Crippen LogP contribution < -0.4 is 18.9 Å². The van der Waals surface area contributed by atoms with Gasteiger partial charge in [-0.05, 0) is 95.7 Å². The van der Waals surface area contributed by atoms with Crippen LogP contribution in [0.5, 0.6) is 17.2 Å². The van der Waals surface area contributed by atoms with Crippen LogP contribution in [0.25, 0.3) is 0 Å². The molecule has 1 N–H and O–H groups in total. The van der Waals surface area contributed by atoms with Crippen LogP contribution in [0.3, 0.4) is 0 Å². The zero-order valence-electron chi connectivity index (χ0n) is 21.7. The van der Waals surface area contributed by atoms with Gasteiger partial charge in [0.25, 0.3) is 0 Å². The molecule has 2 rings (SSSR count). The Morgan fingerprint density at radius 1 is 0.824 bits per heavy atom. The lowest BCUT2D eigenvalue weighted by molar-refractivity contribution is 0.0952. The normalized spacial score (nSPS) is 12.4. The minimum absolute atomic E-state index is 0.233. The van der Waals surface area contributed by atoms with Gasteiger partial charge in [0.2, 0.25) is 10.0 Å². The van der Waals surface area contributed by atoms with Crippen LogP contribution in [-0.2, 0) is 16.4 Å². The van der Waals surface area contributed by atoms with E-state index < -0.39 is 10.0 Å². The van der Waals surface area contributed by atoms with Crippen molar-refractivity contribution >= 4 is 10.0 Å². The molecule has 7 heteroatoms. The highest BCUT2D eigenvalue weighted by Gasteiger charge is 2.22. The second-order valence-corrected chi connectivity index (χ2v) is 11.5. The van der Waals surface area contributed by atoms with E-state index in [-0.39, 0.29) is 16.1 Å². The van der Waals surface area contributed by atoms with Crippen molar-refractivity contribution < 1.29 is 22.6 Å². The molecule has 6 nitrogen and oxygen atoms in total. The van der Waals surface area contributed by atoms with E-state index in [0.29, 0.717) is 18.7 Å². The monoisotopic (exact) mass is 491 g/mol. The molecule has 0 aliphatic heterocycles. The van der Waals surface area contributed by atoms with Gasteiger partial charge in [0.1, 0.15) is 28.5 Å². The summed E-state index contributed by atoms with van der Waals surface area (Å²) in [4.78, 5) is 0.233. The van der Waals surface area contributed by atoms with Gasteiger partial charge in [0, 0.05) is 12.6 Å². The van der Waals surface area contributed by atoms with Crippen molar-refractivity contribution in [3.05, 3.63) is 48.0 Å². The predicted octanol–water partition coefficient (Wildman–Crippen LogP) is 6.13. The van der Waals surface area contributed by atoms with Gasteiger partial charge in [-0.3, -0.25) is 0 Å². The van der Waals surface area contributed by atoms with E-state index in [9.17, 15) is 8.42 Å². The number of benzene rings is 2. The standard InChI is InChI=1S/C27H41NO5S/c1-8-26(3,4)32-23-14-13-21(25(20-23)33-27(5,6)9-2)12-10-11-19-28-34(29,30)24-17-15-22(31-7)16-18-24/h13-18,20,28H,8-12,19H2,1-7H3. The smallest absolute Gasteiger partial charge is 0.240 e. The Labute approximate surface area is 206 Å². The molecule has 0 saturated heterocycles. The first-order chi connectivity index (χ1) is 15.9. The molecule has 0 heterocycles. The maximum absolute atomic E-state index is 12.5. The van der Waals surface area contributed by atoms with Crippen molar-refractivity contribution in [3.63, 3.8) is 0 Å². The number of ether oxygens (including phenoxy) is 3. The zero-order valence-corrected chi connectivity index (χ0v) is 22.6. The van der Waals surface area contributed by atoms with Gasteiger partial charge in [-0.1, -0.05) is 19.9 Å². The Hall–Kier alpha value is -2.25. The molecule has 0 fully saturated rings. The summed E-state index contributed by atoms with van der Waals surface area (Å²) >= 11 is 0. The highest BCUT2D eigenvalue weighted by molar-refractivity contribution is 7.89. The minimum Gasteiger partial charge on any atom is -0.497 e. The summed E-state index contributed by atoms with van der Waals surface area (Å²) in [6, 6.07) is 12.4. The highest BCUT2D eigenvalue weighted by atomic mass is 32.2. The second-order valence-electron chi connectivity index (χ2n) is 9.73. The molecule has 0 amide bonds. The van der Waals surface area contributed by atoms with Crippen molar-refractivity contribution in [2.45, 2.75) is 89.7 Å². The lowest BCUT2D eigenvalue weighted by Gasteiger charge is -2.29. The van der Waals surface area contributed by atoms with Gasteiger partial charge in [0.15, 0.2) is 0 Å². The van der Waals surface area contributed by atoms with Crippen molar-refractivity contribution in [3.8, 4) is 17.2 Å². The number of nitrogens with one attached hydrogen (secondary N) is 1. The van der Waals surface area contributed by atoms with Gasteiger partial charge < -0.3 is 14.2 Å². The quantitative estimate of drug-likeness (QED) is 0.322. The third kappa shape index (κ3) is 8.51. The van der Waals surface area contributed by atoms with E-state index in [4.69, 9.17) is 14.2 Å². The summed E-state index contributed by atoms with van der Waals surface area (Å²) < 4.78 is 45.3. The van der Waals surface area contributed by atoms with Crippen LogP contribution >= 0.6 is 0 Å². The summed E-state index contributed by atoms with van der Waals surface area (Å²) in [6.07, 6.45) is 4.11. The van der Waals surface area contributed by atoms with Crippen LogP contribution in [-0.4, -0.2) is 33.3 Å². The topological polar surface area (TPSA) is 73.9 Å². The molecule has 2 aromatic rings. The van der Waals surface area contributed by atoms with Crippen molar-refractivity contribution in [2.75, 3.05) is 13.7 Å². The lowest BCUT2D eigenvalue weighted by Crippen LogP contribution is -2.28. The maximum Gasteiger partial charge on any atom is 0.240 e. The van der Waals surface area contributed by atoms with E-state index in [1.807, 2.05) is 12.1 Å². The molecule has 0 radical (unpaired) electrons. The number of hydrogen-bond donors (Lipinski definition) is 1. The summed E-state index contributed by atoms with van der Waals surface area (Å²) in [5, 5.41) is 0. The van der Waals surface area contributed by atoms with Gasteiger partial charge in [-0.2, -0.15) is 0 Å². The summed E-state index contributed by atoms with van der Waals surface area (Å²) in [5.41, 5.74) is 0.558. The molecule has 190 valence electrons. The van der Waals surface area contributed by atoms with Gasteiger partial charge in [-0.15, -0.1) is 0 Å². The number of rotatable bonds is 14. The molecule has 0 unspecified atom stereocenters. The number of hydrogen-bond acceptors (Lipinski definition) is 5. The summed E-state index contributed by atoms with van der Waals surface area (Å²) in [6.45, 7) is 12.9. The molecule has 0 bridgehead atoms. The van der Waals surface area contributed by atoms with E-state index in [2.05, 4.69) is 52.3 Å². The van der Waals surface area contributed by atoms with E-state index >= 15 is 0 Å². The van der Waals surface area contributed by atoms with Crippen molar-refractivity contribution in [1.29, 1.82) is 0 Å². The van der Waals surface area contributed by atoms with Crippen molar-refractivity contribution in [2.24, 2.45) is 0 Å². The third-order valence-electron chi connectivity index (χ3n) is 6.06. The van der Waals surface area contributed by atoms with Crippen LogP contribution in [0.2, 0.25) is 0 Å². The Morgan fingerprint density at radius 2 is 1.41 bits per heavy atom. The van der Waals surface area contributed by atoms with Crippen LogP contribution in [0.1, 0.15) is 72.8 Å². The molecule has 0 aliphatic rings. The third-order valence-corrected chi connectivity index (χ3v) is 7.53. The molecule has 34 heavy (non-hydrogen) atoms. The molecular formula is C27H41NO5S. The fourth-order valence-electron chi connectivity index (χ4n) is 3.15. The number of aryl methyl sites for hydroxylation is 1. The summed E-state index contributed by atoms with van der Waals surface area (Å²) in [7, 11) is -1.99. The first kappa shape index (κ1) is 28.0. The van der Waals surface area contributed by atoms with Gasteiger partial charge >= 0.3 is 0 Å². The fourth-order valence-corrected chi connectivity index (χ4v) is 4.22. The molecule has 2 aromatic carbocycles. The average Bonchev–Trinajstić information content (AvgIpc) is 2.79. The fraction of sp³-hybridized carbons (Fsp3) is 0.556. The number of sulfonamides is 1. The van der Waals surface area contributed by atoms with Crippen LogP contribution in [0.4, 0.5) is 0 Å². The molecular weight excluding hydrogens is 450 g/mol. The first-order valence-electron chi connectivity index (χ1n) is 12.1. The molecule has 0 aromatic heterocycles. The second kappa shape index (κ2) is 11.9. The van der Waals surface area contributed by atoms with E-state index in [1.165, 1.54) is 0 Å². The predicted molar refractivity (Wildman–Crippen MR) is 138 cm³/mol. The Morgan fingerprint density at radius 3 is 2.00 bits per heavy atom. The highest BCUT2D eigenvalue weighted by Crippen LogP contribution is 2.32. The Balaban J connectivity index is 2.00. The Bertz CT molecular complexity index is 1010. The van der Waals surface area contributed by atoms with Crippen LogP contribution in [0.15, 0.2) is 47.4 Å². The summed E-state index contributed by atoms with van der Waals surface area (Å²) in [5.74, 6) is 2.25. The molecule has 0 spiro atoms. The molecule has 0 saturated carbocycles. The number of methoxy groups -OCH3 is 1.